The van der Waals surface area contributed by atoms with Gasteiger partial charge >= 0.3 is 6.18 Å². The van der Waals surface area contributed by atoms with Crippen molar-refractivity contribution < 1.29 is 26.0 Å². The molecular formula is C14H10F4N4O2S. The second-order valence-corrected chi connectivity index (χ2v) is 6.70. The molecule has 0 radical (unpaired) electrons. The van der Waals surface area contributed by atoms with E-state index >= 15 is 0 Å². The van der Waals surface area contributed by atoms with E-state index < -0.39 is 38.6 Å². The van der Waals surface area contributed by atoms with E-state index in [4.69, 9.17) is 0 Å². The molecule has 3 rings (SSSR count). The highest BCUT2D eigenvalue weighted by Crippen LogP contribution is 2.34. The third-order valence-electron chi connectivity index (χ3n) is 3.33. The maximum absolute atomic E-state index is 13.3. The minimum absolute atomic E-state index is 0.160. The lowest BCUT2D eigenvalue weighted by atomic mass is 10.1. The number of hydrogen-bond acceptors (Lipinski definition) is 4. The molecule has 1 aromatic carbocycles. The number of sulfonamides is 1. The zero-order valence-electron chi connectivity index (χ0n) is 12.3. The first-order chi connectivity index (χ1) is 11.7. The Hall–Kier alpha value is -2.53. The molecule has 25 heavy (non-hydrogen) atoms. The molecule has 0 unspecified atom stereocenters. The van der Waals surface area contributed by atoms with Crippen LogP contribution >= 0.6 is 0 Å². The van der Waals surface area contributed by atoms with Gasteiger partial charge in [-0.2, -0.15) is 23.0 Å². The second kappa shape index (κ2) is 6.08. The van der Waals surface area contributed by atoms with Crippen molar-refractivity contribution in [3.05, 3.63) is 60.2 Å². The number of alkyl halides is 3. The number of benzene rings is 1. The molecule has 6 nitrogen and oxygen atoms in total. The Labute approximate surface area is 139 Å². The Kier molecular flexibility index (Phi) is 4.21. The van der Waals surface area contributed by atoms with Crippen LogP contribution in [0.5, 0.6) is 0 Å². The van der Waals surface area contributed by atoms with E-state index in [1.165, 1.54) is 18.3 Å². The average Bonchev–Trinajstić information content (AvgIpc) is 2.97. The van der Waals surface area contributed by atoms with E-state index in [0.29, 0.717) is 0 Å². The van der Waals surface area contributed by atoms with Gasteiger partial charge in [-0.25, -0.2) is 22.3 Å². The molecule has 2 aromatic heterocycles. The lowest BCUT2D eigenvalue weighted by Gasteiger charge is -2.21. The van der Waals surface area contributed by atoms with Gasteiger partial charge in [0.25, 0.3) is 10.0 Å². The van der Waals surface area contributed by atoms with Gasteiger partial charge in [0.15, 0.2) is 10.7 Å². The van der Waals surface area contributed by atoms with Crippen LogP contribution in [-0.2, 0) is 10.0 Å². The molecule has 1 N–H and O–H groups in total. The van der Waals surface area contributed by atoms with Crippen molar-refractivity contribution in [3.63, 3.8) is 0 Å². The summed E-state index contributed by atoms with van der Waals surface area (Å²) in [5, 5.41) is 3.22. The van der Waals surface area contributed by atoms with E-state index in [2.05, 4.69) is 10.1 Å². The molecule has 3 aromatic rings. The second-order valence-electron chi connectivity index (χ2n) is 5.04. The molecule has 0 saturated heterocycles. The van der Waals surface area contributed by atoms with Gasteiger partial charge in [0.05, 0.1) is 6.20 Å². The molecule has 2 heterocycles. The molecule has 0 spiro atoms. The summed E-state index contributed by atoms with van der Waals surface area (Å²) in [6.07, 6.45) is -2.75. The summed E-state index contributed by atoms with van der Waals surface area (Å²) < 4.78 is 80.3. The molecule has 0 aliphatic rings. The van der Waals surface area contributed by atoms with Gasteiger partial charge in [-0.05, 0) is 29.8 Å². The van der Waals surface area contributed by atoms with Crippen LogP contribution in [0.4, 0.5) is 17.6 Å². The molecule has 0 aliphatic heterocycles. The van der Waals surface area contributed by atoms with Crippen LogP contribution in [0.25, 0.3) is 5.65 Å². The zero-order valence-corrected chi connectivity index (χ0v) is 13.1. The standard InChI is InChI=1S/C14H10F4N4O2S/c15-10-5-3-9(4-6-10)13(14(16,17)18)21-25(23,24)12-8-19-11-2-1-7-20-22(11)12/h1-8,13,21H/t13-/m1/s1. The lowest BCUT2D eigenvalue weighted by molar-refractivity contribution is -0.153. The fourth-order valence-electron chi connectivity index (χ4n) is 2.19. The summed E-state index contributed by atoms with van der Waals surface area (Å²) >= 11 is 0. The van der Waals surface area contributed by atoms with Gasteiger partial charge in [0, 0.05) is 6.20 Å². The fraction of sp³-hybridized carbons (Fsp3) is 0.143. The number of nitrogens with one attached hydrogen (secondary N) is 1. The van der Waals surface area contributed by atoms with E-state index in [1.807, 2.05) is 0 Å². The largest absolute Gasteiger partial charge is 0.408 e. The Morgan fingerprint density at radius 1 is 1.12 bits per heavy atom. The van der Waals surface area contributed by atoms with Crippen molar-refractivity contribution in [1.82, 2.24) is 19.3 Å². The summed E-state index contributed by atoms with van der Waals surface area (Å²) in [7, 11) is -4.61. The summed E-state index contributed by atoms with van der Waals surface area (Å²) in [6, 6.07) is 3.77. The first-order valence-electron chi connectivity index (χ1n) is 6.82. The number of fused-ring (bicyclic) bond motifs is 1. The molecule has 0 saturated carbocycles. The highest BCUT2D eigenvalue weighted by atomic mass is 32.2. The molecule has 0 amide bonds. The molecule has 0 fully saturated rings. The number of imidazole rings is 1. The topological polar surface area (TPSA) is 76.4 Å². The molecule has 132 valence electrons. The molecular weight excluding hydrogens is 364 g/mol. The van der Waals surface area contributed by atoms with E-state index in [9.17, 15) is 26.0 Å². The third kappa shape index (κ3) is 3.46. The van der Waals surface area contributed by atoms with Crippen LogP contribution in [0.3, 0.4) is 0 Å². The quantitative estimate of drug-likeness (QED) is 0.712. The number of nitrogens with zero attached hydrogens (tertiary/aromatic N) is 3. The Morgan fingerprint density at radius 3 is 2.44 bits per heavy atom. The van der Waals surface area contributed by atoms with E-state index in [1.54, 1.807) is 4.72 Å². The predicted octanol–water partition coefficient (Wildman–Crippen LogP) is 2.45. The van der Waals surface area contributed by atoms with Gasteiger partial charge in [0.2, 0.25) is 0 Å². The van der Waals surface area contributed by atoms with Crippen molar-refractivity contribution in [2.75, 3.05) is 0 Å². The van der Waals surface area contributed by atoms with Crippen LogP contribution in [0.2, 0.25) is 0 Å². The highest BCUT2D eigenvalue weighted by molar-refractivity contribution is 7.89. The highest BCUT2D eigenvalue weighted by Gasteiger charge is 2.44. The van der Waals surface area contributed by atoms with Crippen molar-refractivity contribution in [1.29, 1.82) is 0 Å². The minimum atomic E-state index is -4.93. The number of rotatable bonds is 4. The van der Waals surface area contributed by atoms with Gasteiger partial charge in [-0.1, -0.05) is 12.1 Å². The normalized spacial score (nSPS) is 13.9. The van der Waals surface area contributed by atoms with Crippen LogP contribution in [0.1, 0.15) is 11.6 Å². The maximum Gasteiger partial charge on any atom is 0.408 e. The van der Waals surface area contributed by atoms with Crippen molar-refractivity contribution in [3.8, 4) is 0 Å². The first-order valence-corrected chi connectivity index (χ1v) is 8.30. The summed E-state index contributed by atoms with van der Waals surface area (Å²) in [5.74, 6) is -0.737. The molecule has 11 heteroatoms. The van der Waals surface area contributed by atoms with Gasteiger partial charge < -0.3 is 0 Å². The average molecular weight is 374 g/mol. The Bertz CT molecular complexity index is 1000. The molecule has 0 aliphatic carbocycles. The third-order valence-corrected chi connectivity index (χ3v) is 4.70. The SMILES string of the molecule is O=S(=O)(N[C@H](c1ccc(F)cc1)C(F)(F)F)c1cnc2cccnn12. The van der Waals surface area contributed by atoms with Crippen LogP contribution in [0, 0.1) is 5.82 Å². The molecule has 0 bridgehead atoms. The molecule has 1 atom stereocenters. The zero-order chi connectivity index (χ0) is 18.2. The van der Waals surface area contributed by atoms with Crippen LogP contribution in [0.15, 0.2) is 53.8 Å². The van der Waals surface area contributed by atoms with E-state index in [-0.39, 0.29) is 5.65 Å². The van der Waals surface area contributed by atoms with Gasteiger partial charge in [0.1, 0.15) is 11.9 Å². The maximum atomic E-state index is 13.3. The van der Waals surface area contributed by atoms with Gasteiger partial charge in [-0.3, -0.25) is 0 Å². The lowest BCUT2D eigenvalue weighted by Crippen LogP contribution is -2.38. The van der Waals surface area contributed by atoms with E-state index in [0.717, 1.165) is 35.0 Å². The summed E-state index contributed by atoms with van der Waals surface area (Å²) in [6.45, 7) is 0. The number of aromatic nitrogens is 3. The van der Waals surface area contributed by atoms with Crippen LogP contribution < -0.4 is 4.72 Å². The smallest absolute Gasteiger partial charge is 0.234 e. The minimum Gasteiger partial charge on any atom is -0.234 e. The summed E-state index contributed by atoms with van der Waals surface area (Å²) in [4.78, 5) is 3.79. The van der Waals surface area contributed by atoms with Gasteiger partial charge in [-0.15, -0.1) is 0 Å². The predicted molar refractivity (Wildman–Crippen MR) is 78.5 cm³/mol. The Balaban J connectivity index is 2.02. The van der Waals surface area contributed by atoms with Crippen molar-refractivity contribution in [2.45, 2.75) is 17.2 Å². The van der Waals surface area contributed by atoms with Crippen molar-refractivity contribution in [2.24, 2.45) is 0 Å². The number of hydrogen-bond donors (Lipinski definition) is 1. The Morgan fingerprint density at radius 2 is 1.80 bits per heavy atom. The summed E-state index contributed by atoms with van der Waals surface area (Å²) in [5.41, 5.74) is -0.285. The first kappa shape index (κ1) is 17.3. The monoisotopic (exact) mass is 374 g/mol. The fourth-order valence-corrected chi connectivity index (χ4v) is 3.45. The van der Waals surface area contributed by atoms with Crippen molar-refractivity contribution >= 4 is 15.7 Å². The number of halogens is 4. The van der Waals surface area contributed by atoms with Crippen LogP contribution in [-0.4, -0.2) is 29.2 Å².